The van der Waals surface area contributed by atoms with E-state index in [0.29, 0.717) is 0 Å². The summed E-state index contributed by atoms with van der Waals surface area (Å²) in [7, 11) is 0. The minimum atomic E-state index is -4.46. The first-order valence-corrected chi connectivity index (χ1v) is 7.79. The average Bonchev–Trinajstić information content (AvgIpc) is 2.96. The van der Waals surface area contributed by atoms with E-state index in [1.807, 2.05) is 13.8 Å². The third-order valence-electron chi connectivity index (χ3n) is 4.07. The molecule has 2 heterocycles. The molecule has 2 rings (SSSR count). The highest BCUT2D eigenvalue weighted by Crippen LogP contribution is 2.32. The first kappa shape index (κ1) is 18.3. The number of rotatable bonds is 3. The lowest BCUT2D eigenvalue weighted by atomic mass is 9.97. The normalized spacial score (nSPS) is 21.9. The van der Waals surface area contributed by atoms with Gasteiger partial charge in [0.2, 0.25) is 5.91 Å². The van der Waals surface area contributed by atoms with Gasteiger partial charge in [0.05, 0.1) is 0 Å². The van der Waals surface area contributed by atoms with Crippen LogP contribution >= 0.6 is 0 Å². The molecule has 24 heavy (non-hydrogen) atoms. The van der Waals surface area contributed by atoms with E-state index in [1.54, 1.807) is 16.9 Å². The van der Waals surface area contributed by atoms with Crippen molar-refractivity contribution in [1.82, 2.24) is 20.0 Å². The van der Waals surface area contributed by atoms with Crippen molar-refractivity contribution >= 4 is 11.8 Å². The Balaban J connectivity index is 2.03. The SMILES string of the molecule is CC(=O)N1CC(NC(=O)c2ccn(C(C)C)n2)CCC1C(F)(F)F. The fraction of sp³-hybridized carbons (Fsp3) is 0.667. The Morgan fingerprint density at radius 1 is 1.33 bits per heavy atom. The van der Waals surface area contributed by atoms with E-state index in [9.17, 15) is 22.8 Å². The minimum absolute atomic E-state index is 0.0991. The van der Waals surface area contributed by atoms with Gasteiger partial charge in [-0.15, -0.1) is 0 Å². The maximum absolute atomic E-state index is 13.0. The lowest BCUT2D eigenvalue weighted by molar-refractivity contribution is -0.196. The number of carbonyl (C=O) groups excluding carboxylic acids is 2. The van der Waals surface area contributed by atoms with Gasteiger partial charge in [0.1, 0.15) is 11.7 Å². The number of alkyl halides is 3. The largest absolute Gasteiger partial charge is 0.408 e. The molecule has 2 atom stereocenters. The van der Waals surface area contributed by atoms with E-state index in [4.69, 9.17) is 0 Å². The van der Waals surface area contributed by atoms with E-state index in [-0.39, 0.29) is 31.1 Å². The molecule has 0 saturated carbocycles. The second-order valence-electron chi connectivity index (χ2n) is 6.25. The molecule has 1 saturated heterocycles. The summed E-state index contributed by atoms with van der Waals surface area (Å²) in [5, 5.41) is 6.80. The summed E-state index contributed by atoms with van der Waals surface area (Å²) in [6, 6.07) is -0.658. The average molecular weight is 346 g/mol. The lowest BCUT2D eigenvalue weighted by Crippen LogP contribution is -2.57. The van der Waals surface area contributed by atoms with E-state index in [2.05, 4.69) is 10.4 Å². The van der Waals surface area contributed by atoms with Crippen LogP contribution in [0.1, 0.15) is 50.1 Å². The molecule has 0 spiro atoms. The summed E-state index contributed by atoms with van der Waals surface area (Å²) >= 11 is 0. The van der Waals surface area contributed by atoms with Gasteiger partial charge < -0.3 is 10.2 Å². The van der Waals surface area contributed by atoms with Gasteiger partial charge in [0.15, 0.2) is 0 Å². The molecular formula is C15H21F3N4O2. The van der Waals surface area contributed by atoms with Crippen molar-refractivity contribution in [2.24, 2.45) is 0 Å². The topological polar surface area (TPSA) is 67.2 Å². The molecule has 0 aliphatic carbocycles. The van der Waals surface area contributed by atoms with Gasteiger partial charge in [0, 0.05) is 31.7 Å². The van der Waals surface area contributed by atoms with Crippen LogP contribution in [0.2, 0.25) is 0 Å². The highest BCUT2D eigenvalue weighted by Gasteiger charge is 2.47. The first-order valence-electron chi connectivity index (χ1n) is 7.79. The molecular weight excluding hydrogens is 325 g/mol. The van der Waals surface area contributed by atoms with Crippen molar-refractivity contribution in [3.05, 3.63) is 18.0 Å². The fourth-order valence-electron chi connectivity index (χ4n) is 2.78. The van der Waals surface area contributed by atoms with E-state index < -0.39 is 30.1 Å². The zero-order chi connectivity index (χ0) is 18.1. The Kier molecular flexibility index (Phi) is 5.19. The monoisotopic (exact) mass is 346 g/mol. The third-order valence-corrected chi connectivity index (χ3v) is 4.07. The van der Waals surface area contributed by atoms with Crippen LogP contribution in [0.4, 0.5) is 13.2 Å². The number of amides is 2. The highest BCUT2D eigenvalue weighted by molar-refractivity contribution is 5.92. The van der Waals surface area contributed by atoms with Crippen LogP contribution in [0.5, 0.6) is 0 Å². The van der Waals surface area contributed by atoms with E-state index >= 15 is 0 Å². The van der Waals surface area contributed by atoms with Crippen molar-refractivity contribution in [1.29, 1.82) is 0 Å². The minimum Gasteiger partial charge on any atom is -0.346 e. The molecule has 2 amide bonds. The molecule has 1 aromatic heterocycles. The highest BCUT2D eigenvalue weighted by atomic mass is 19.4. The van der Waals surface area contributed by atoms with Gasteiger partial charge in [-0.05, 0) is 32.8 Å². The second-order valence-corrected chi connectivity index (χ2v) is 6.25. The van der Waals surface area contributed by atoms with Crippen molar-refractivity contribution in [2.75, 3.05) is 6.54 Å². The summed E-state index contributed by atoms with van der Waals surface area (Å²) in [5.41, 5.74) is 0.205. The van der Waals surface area contributed by atoms with Gasteiger partial charge >= 0.3 is 6.18 Å². The van der Waals surface area contributed by atoms with Gasteiger partial charge in [-0.25, -0.2) is 0 Å². The zero-order valence-corrected chi connectivity index (χ0v) is 13.8. The van der Waals surface area contributed by atoms with Crippen LogP contribution in [0.25, 0.3) is 0 Å². The first-order chi connectivity index (χ1) is 11.1. The number of nitrogens with one attached hydrogen (secondary N) is 1. The second kappa shape index (κ2) is 6.82. The maximum atomic E-state index is 13.0. The molecule has 0 bridgehead atoms. The summed E-state index contributed by atoms with van der Waals surface area (Å²) in [6.07, 6.45) is -2.86. The van der Waals surface area contributed by atoms with Gasteiger partial charge in [0.25, 0.3) is 5.91 Å². The number of halogens is 3. The molecule has 1 N–H and O–H groups in total. The Bertz CT molecular complexity index is 612. The van der Waals surface area contributed by atoms with E-state index in [1.165, 1.54) is 0 Å². The van der Waals surface area contributed by atoms with Crippen molar-refractivity contribution in [3.8, 4) is 0 Å². The summed E-state index contributed by atoms with van der Waals surface area (Å²) < 4.78 is 40.6. The summed E-state index contributed by atoms with van der Waals surface area (Å²) in [6.45, 7) is 4.78. The number of hydrogen-bond donors (Lipinski definition) is 1. The summed E-state index contributed by atoms with van der Waals surface area (Å²) in [4.78, 5) is 24.5. The van der Waals surface area contributed by atoms with Gasteiger partial charge in [-0.1, -0.05) is 0 Å². The quantitative estimate of drug-likeness (QED) is 0.912. The Labute approximate surface area is 138 Å². The fourth-order valence-corrected chi connectivity index (χ4v) is 2.78. The molecule has 1 aromatic rings. The molecule has 0 radical (unpaired) electrons. The predicted octanol–water partition coefficient (Wildman–Crippen LogP) is 2.14. The van der Waals surface area contributed by atoms with Crippen molar-refractivity contribution < 1.29 is 22.8 Å². The predicted molar refractivity (Wildman–Crippen MR) is 80.3 cm³/mol. The van der Waals surface area contributed by atoms with E-state index in [0.717, 1.165) is 11.8 Å². The zero-order valence-electron chi connectivity index (χ0n) is 13.8. The smallest absolute Gasteiger partial charge is 0.346 e. The number of aromatic nitrogens is 2. The van der Waals surface area contributed by atoms with Crippen molar-refractivity contribution in [3.63, 3.8) is 0 Å². The lowest BCUT2D eigenvalue weighted by Gasteiger charge is -2.40. The molecule has 1 fully saturated rings. The molecule has 1 aliphatic heterocycles. The third kappa shape index (κ3) is 4.07. The number of nitrogens with zero attached hydrogens (tertiary/aromatic N) is 3. The standard InChI is InChI=1S/C15H21F3N4O2/c1-9(2)22-7-6-12(20-22)14(24)19-11-4-5-13(15(16,17)18)21(8-11)10(3)23/h6-7,9,11,13H,4-5,8H2,1-3H3,(H,19,24). The van der Waals surface area contributed by atoms with Crippen LogP contribution in [0, 0.1) is 0 Å². The number of hydrogen-bond acceptors (Lipinski definition) is 3. The number of piperidine rings is 1. The van der Waals surface area contributed by atoms with Crippen LogP contribution in [0.15, 0.2) is 12.3 Å². The van der Waals surface area contributed by atoms with Crippen molar-refractivity contribution in [2.45, 2.75) is 57.9 Å². The molecule has 9 heteroatoms. The van der Waals surface area contributed by atoms with Crippen LogP contribution in [0.3, 0.4) is 0 Å². The number of carbonyl (C=O) groups is 2. The molecule has 0 aromatic carbocycles. The van der Waals surface area contributed by atoms with Gasteiger partial charge in [-0.3, -0.25) is 14.3 Å². The molecule has 6 nitrogen and oxygen atoms in total. The molecule has 2 unspecified atom stereocenters. The maximum Gasteiger partial charge on any atom is 0.408 e. The Hall–Kier alpha value is -2.06. The van der Waals surface area contributed by atoms with Crippen LogP contribution in [-0.2, 0) is 4.79 Å². The van der Waals surface area contributed by atoms with Crippen LogP contribution < -0.4 is 5.32 Å². The molecule has 1 aliphatic rings. The number of likely N-dealkylation sites (tertiary alicyclic amines) is 1. The van der Waals surface area contributed by atoms with Gasteiger partial charge in [-0.2, -0.15) is 18.3 Å². The summed E-state index contributed by atoms with van der Waals surface area (Å²) in [5.74, 6) is -1.10. The van der Waals surface area contributed by atoms with Crippen LogP contribution in [-0.4, -0.2) is 51.3 Å². The Morgan fingerprint density at radius 3 is 2.50 bits per heavy atom. The Morgan fingerprint density at radius 2 is 2.00 bits per heavy atom. The molecule has 134 valence electrons.